The Labute approximate surface area is 118 Å². The predicted molar refractivity (Wildman–Crippen MR) is 73.7 cm³/mol. The van der Waals surface area contributed by atoms with E-state index in [1.165, 1.54) is 6.26 Å². The van der Waals surface area contributed by atoms with E-state index >= 15 is 0 Å². The molecule has 0 saturated carbocycles. The molecule has 0 bridgehead atoms. The van der Waals surface area contributed by atoms with Gasteiger partial charge >= 0.3 is 5.97 Å². The molecular weight excluding hydrogens is 258 g/mol. The predicted octanol–water partition coefficient (Wildman–Crippen LogP) is 2.73. The number of carboxylic acids is 1. The molecule has 1 aliphatic rings. The van der Waals surface area contributed by atoms with Crippen LogP contribution < -0.4 is 0 Å². The van der Waals surface area contributed by atoms with Crippen molar-refractivity contribution in [3.63, 3.8) is 0 Å². The molecule has 1 aromatic rings. The second kappa shape index (κ2) is 5.31. The molecule has 5 heteroatoms. The third kappa shape index (κ3) is 2.57. The van der Waals surface area contributed by atoms with Crippen molar-refractivity contribution < 1.29 is 19.1 Å². The van der Waals surface area contributed by atoms with Gasteiger partial charge in [0, 0.05) is 18.7 Å². The largest absolute Gasteiger partial charge is 0.481 e. The van der Waals surface area contributed by atoms with Gasteiger partial charge in [-0.2, -0.15) is 0 Å². The fraction of sp³-hybridized carbons (Fsp3) is 0.600. The number of piperidine rings is 1. The standard InChI is InChI=1S/C15H21NO4/c1-10(2)11-5-8-20-12(11)13(17)16-7-4-6-15(3,9-16)14(18)19/h5,8,10H,4,6-7,9H2,1-3H3,(H,18,19). The Morgan fingerprint density at radius 3 is 2.75 bits per heavy atom. The summed E-state index contributed by atoms with van der Waals surface area (Å²) < 4.78 is 5.33. The van der Waals surface area contributed by atoms with Crippen LogP contribution in [0.15, 0.2) is 16.7 Å². The van der Waals surface area contributed by atoms with Crippen LogP contribution in [0.25, 0.3) is 0 Å². The summed E-state index contributed by atoms with van der Waals surface area (Å²) in [6.45, 7) is 6.51. The molecule has 20 heavy (non-hydrogen) atoms. The summed E-state index contributed by atoms with van der Waals surface area (Å²) in [6.07, 6.45) is 2.82. The lowest BCUT2D eigenvalue weighted by molar-refractivity contribution is -0.150. The van der Waals surface area contributed by atoms with Crippen molar-refractivity contribution in [2.24, 2.45) is 5.41 Å². The number of amides is 1. The molecule has 1 saturated heterocycles. The molecule has 1 aromatic heterocycles. The first-order valence-electron chi connectivity index (χ1n) is 6.95. The van der Waals surface area contributed by atoms with E-state index < -0.39 is 11.4 Å². The average molecular weight is 279 g/mol. The SMILES string of the molecule is CC(C)c1ccoc1C(=O)N1CCCC(C)(C(=O)O)C1. The summed E-state index contributed by atoms with van der Waals surface area (Å²) in [6, 6.07) is 1.80. The van der Waals surface area contributed by atoms with Gasteiger partial charge in [-0.25, -0.2) is 0 Å². The number of hydrogen-bond acceptors (Lipinski definition) is 3. The van der Waals surface area contributed by atoms with Crippen LogP contribution in [-0.2, 0) is 4.79 Å². The van der Waals surface area contributed by atoms with Crippen molar-refractivity contribution in [3.05, 3.63) is 23.7 Å². The van der Waals surface area contributed by atoms with Crippen LogP contribution >= 0.6 is 0 Å². The van der Waals surface area contributed by atoms with Crippen molar-refractivity contribution in [1.29, 1.82) is 0 Å². The van der Waals surface area contributed by atoms with Gasteiger partial charge in [0.2, 0.25) is 0 Å². The maximum absolute atomic E-state index is 12.5. The number of carboxylic acid groups (broad SMARTS) is 1. The molecule has 0 spiro atoms. The van der Waals surface area contributed by atoms with Gasteiger partial charge in [0.05, 0.1) is 11.7 Å². The highest BCUT2D eigenvalue weighted by Crippen LogP contribution is 2.31. The summed E-state index contributed by atoms with van der Waals surface area (Å²) in [5, 5.41) is 9.31. The monoisotopic (exact) mass is 279 g/mol. The third-order valence-corrected chi connectivity index (χ3v) is 4.01. The van der Waals surface area contributed by atoms with E-state index in [1.54, 1.807) is 17.9 Å². The Morgan fingerprint density at radius 2 is 2.15 bits per heavy atom. The minimum Gasteiger partial charge on any atom is -0.481 e. The van der Waals surface area contributed by atoms with Crippen LogP contribution in [-0.4, -0.2) is 35.0 Å². The quantitative estimate of drug-likeness (QED) is 0.923. The molecular formula is C15H21NO4. The molecule has 2 rings (SSSR count). The molecule has 1 amide bonds. The Kier molecular flexibility index (Phi) is 3.88. The van der Waals surface area contributed by atoms with E-state index in [-0.39, 0.29) is 18.4 Å². The lowest BCUT2D eigenvalue weighted by Gasteiger charge is -2.37. The third-order valence-electron chi connectivity index (χ3n) is 4.01. The van der Waals surface area contributed by atoms with Crippen molar-refractivity contribution >= 4 is 11.9 Å². The molecule has 0 aliphatic carbocycles. The maximum Gasteiger partial charge on any atom is 0.311 e. The Hall–Kier alpha value is -1.78. The molecule has 0 aromatic carbocycles. The topological polar surface area (TPSA) is 70.8 Å². The molecule has 1 N–H and O–H groups in total. The molecule has 0 radical (unpaired) electrons. The number of carbonyl (C=O) groups is 2. The first-order valence-corrected chi connectivity index (χ1v) is 6.95. The van der Waals surface area contributed by atoms with Crippen LogP contribution in [0.2, 0.25) is 0 Å². The summed E-state index contributed by atoms with van der Waals surface area (Å²) in [5.41, 5.74) is 0.0102. The highest BCUT2D eigenvalue weighted by molar-refractivity contribution is 5.93. The van der Waals surface area contributed by atoms with Gasteiger partial charge in [-0.05, 0) is 31.7 Å². The van der Waals surface area contributed by atoms with E-state index in [0.717, 1.165) is 5.56 Å². The van der Waals surface area contributed by atoms with E-state index in [9.17, 15) is 14.7 Å². The van der Waals surface area contributed by atoms with Gasteiger partial charge in [-0.1, -0.05) is 13.8 Å². The summed E-state index contributed by atoms with van der Waals surface area (Å²) in [4.78, 5) is 25.5. The number of rotatable bonds is 3. The first kappa shape index (κ1) is 14.6. The number of hydrogen-bond donors (Lipinski definition) is 1. The smallest absolute Gasteiger partial charge is 0.311 e. The van der Waals surface area contributed by atoms with Gasteiger partial charge in [0.25, 0.3) is 5.91 Å². The van der Waals surface area contributed by atoms with E-state index in [4.69, 9.17) is 4.42 Å². The van der Waals surface area contributed by atoms with Crippen LogP contribution in [0.5, 0.6) is 0 Å². The fourth-order valence-electron chi connectivity index (χ4n) is 2.68. The Morgan fingerprint density at radius 1 is 1.45 bits per heavy atom. The van der Waals surface area contributed by atoms with Crippen LogP contribution in [0.4, 0.5) is 0 Å². The fourth-order valence-corrected chi connectivity index (χ4v) is 2.68. The van der Waals surface area contributed by atoms with Crippen LogP contribution in [0.1, 0.15) is 55.6 Å². The number of aliphatic carboxylic acids is 1. The van der Waals surface area contributed by atoms with Gasteiger partial charge < -0.3 is 14.4 Å². The van der Waals surface area contributed by atoms with Crippen LogP contribution in [0.3, 0.4) is 0 Å². The highest BCUT2D eigenvalue weighted by atomic mass is 16.4. The van der Waals surface area contributed by atoms with E-state index in [1.807, 2.05) is 13.8 Å². The lowest BCUT2D eigenvalue weighted by Crippen LogP contribution is -2.48. The van der Waals surface area contributed by atoms with Gasteiger partial charge in [0.1, 0.15) is 0 Å². The van der Waals surface area contributed by atoms with Crippen LogP contribution in [0, 0.1) is 5.41 Å². The van der Waals surface area contributed by atoms with E-state index in [2.05, 4.69) is 0 Å². The zero-order chi connectivity index (χ0) is 14.9. The molecule has 1 fully saturated rings. The van der Waals surface area contributed by atoms with Gasteiger partial charge in [-0.3, -0.25) is 9.59 Å². The number of nitrogens with zero attached hydrogens (tertiary/aromatic N) is 1. The Bertz CT molecular complexity index is 520. The van der Waals surface area contributed by atoms with E-state index in [0.29, 0.717) is 25.1 Å². The van der Waals surface area contributed by atoms with Crippen molar-refractivity contribution in [2.45, 2.75) is 39.5 Å². The molecule has 2 heterocycles. The first-order chi connectivity index (χ1) is 9.35. The molecule has 1 aliphatic heterocycles. The average Bonchev–Trinajstić information content (AvgIpc) is 2.87. The normalized spacial score (nSPS) is 23.1. The Balaban J connectivity index is 2.21. The van der Waals surface area contributed by atoms with Gasteiger partial charge in [-0.15, -0.1) is 0 Å². The molecule has 110 valence electrons. The minimum atomic E-state index is -0.863. The number of likely N-dealkylation sites (tertiary alicyclic amines) is 1. The second-order valence-electron chi connectivity index (χ2n) is 6.06. The molecule has 1 unspecified atom stereocenters. The van der Waals surface area contributed by atoms with Crippen molar-refractivity contribution in [2.75, 3.05) is 13.1 Å². The zero-order valence-corrected chi connectivity index (χ0v) is 12.2. The summed E-state index contributed by atoms with van der Waals surface area (Å²) >= 11 is 0. The molecule has 1 atom stereocenters. The minimum absolute atomic E-state index is 0.198. The van der Waals surface area contributed by atoms with Crippen molar-refractivity contribution in [1.82, 2.24) is 4.90 Å². The zero-order valence-electron chi connectivity index (χ0n) is 12.2. The summed E-state index contributed by atoms with van der Waals surface area (Å²) in [7, 11) is 0. The van der Waals surface area contributed by atoms with Crippen molar-refractivity contribution in [3.8, 4) is 0 Å². The lowest BCUT2D eigenvalue weighted by atomic mass is 9.82. The summed E-state index contributed by atoms with van der Waals surface area (Å²) in [5.74, 6) is -0.512. The maximum atomic E-state index is 12.5. The van der Waals surface area contributed by atoms with Gasteiger partial charge in [0.15, 0.2) is 5.76 Å². The highest BCUT2D eigenvalue weighted by Gasteiger charge is 2.40. The number of furan rings is 1. The molecule has 5 nitrogen and oxygen atoms in total. The number of carbonyl (C=O) groups excluding carboxylic acids is 1. The second-order valence-corrected chi connectivity index (χ2v) is 6.06.